The van der Waals surface area contributed by atoms with E-state index in [0.29, 0.717) is 0 Å². The van der Waals surface area contributed by atoms with Crippen LogP contribution in [-0.2, 0) is 0 Å². The number of nitro benzene ring substituents is 2. The quantitative estimate of drug-likeness (QED) is 0.601. The molecule has 90 valence electrons. The van der Waals surface area contributed by atoms with Crippen LogP contribution in [0.4, 0.5) is 11.4 Å². The molecule has 1 rings (SSSR count). The smallest absolute Gasteiger partial charge is 0.318 e. The molecule has 0 spiro atoms. The summed E-state index contributed by atoms with van der Waals surface area (Å²) in [5, 5.41) is 39.0. The molecule has 0 aliphatic carbocycles. The zero-order chi connectivity index (χ0) is 13.0. The van der Waals surface area contributed by atoms with Gasteiger partial charge in [0.1, 0.15) is 0 Å². The molecule has 0 saturated carbocycles. The van der Waals surface area contributed by atoms with Crippen LogP contribution in [-0.4, -0.2) is 26.7 Å². The van der Waals surface area contributed by atoms with E-state index in [4.69, 9.17) is 5.11 Å². The SMILES string of the molecule is O=[N+]([O-])c1cc(C=CCO)cc([N+](=O)[O-])c1O. The summed E-state index contributed by atoms with van der Waals surface area (Å²) >= 11 is 0. The third-order valence-corrected chi connectivity index (χ3v) is 1.90. The molecule has 17 heavy (non-hydrogen) atoms. The molecule has 0 atom stereocenters. The summed E-state index contributed by atoms with van der Waals surface area (Å²) in [7, 11) is 0. The van der Waals surface area contributed by atoms with Crippen LogP contribution in [0.3, 0.4) is 0 Å². The van der Waals surface area contributed by atoms with Crippen LogP contribution < -0.4 is 0 Å². The third kappa shape index (κ3) is 2.75. The summed E-state index contributed by atoms with van der Waals surface area (Å²) in [5.74, 6) is -0.985. The van der Waals surface area contributed by atoms with Crippen LogP contribution in [0.25, 0.3) is 6.08 Å². The van der Waals surface area contributed by atoms with Crippen LogP contribution in [0.2, 0.25) is 0 Å². The predicted molar refractivity (Wildman–Crippen MR) is 57.5 cm³/mol. The number of hydrogen-bond acceptors (Lipinski definition) is 6. The Labute approximate surface area is 94.7 Å². The fourth-order valence-corrected chi connectivity index (χ4v) is 1.19. The van der Waals surface area contributed by atoms with Crippen molar-refractivity contribution in [2.45, 2.75) is 0 Å². The number of nitro groups is 2. The highest BCUT2D eigenvalue weighted by Gasteiger charge is 2.25. The predicted octanol–water partition coefficient (Wildman–Crippen LogP) is 1.21. The summed E-state index contributed by atoms with van der Waals surface area (Å²) in [5.41, 5.74) is -1.36. The van der Waals surface area contributed by atoms with Crippen molar-refractivity contribution in [1.82, 2.24) is 0 Å². The van der Waals surface area contributed by atoms with E-state index in [1.54, 1.807) is 0 Å². The Morgan fingerprint density at radius 1 is 1.18 bits per heavy atom. The second kappa shape index (κ2) is 5.03. The van der Waals surface area contributed by atoms with Gasteiger partial charge in [0.25, 0.3) is 5.75 Å². The summed E-state index contributed by atoms with van der Waals surface area (Å²) in [4.78, 5) is 19.3. The molecular formula is C9H8N2O6. The van der Waals surface area contributed by atoms with Crippen LogP contribution in [0.15, 0.2) is 18.2 Å². The molecule has 0 fully saturated rings. The number of phenolic OH excluding ortho intramolecular Hbond substituents is 1. The lowest BCUT2D eigenvalue weighted by molar-refractivity contribution is -0.396. The highest BCUT2D eigenvalue weighted by molar-refractivity contribution is 5.67. The number of aliphatic hydroxyl groups excluding tert-OH is 1. The molecule has 0 saturated heterocycles. The van der Waals surface area contributed by atoms with Crippen molar-refractivity contribution in [2.24, 2.45) is 0 Å². The maximum Gasteiger partial charge on any atom is 0.318 e. The van der Waals surface area contributed by atoms with E-state index >= 15 is 0 Å². The molecule has 0 radical (unpaired) electrons. The molecule has 8 nitrogen and oxygen atoms in total. The Morgan fingerprint density at radius 3 is 2.00 bits per heavy atom. The molecule has 0 heterocycles. The minimum absolute atomic E-state index is 0.148. The maximum absolute atomic E-state index is 10.6. The number of aliphatic hydroxyl groups is 1. The van der Waals surface area contributed by atoms with Crippen LogP contribution in [0, 0.1) is 20.2 Å². The largest absolute Gasteiger partial charge is 0.497 e. The monoisotopic (exact) mass is 240 g/mol. The molecule has 0 aromatic heterocycles. The first-order chi connectivity index (χ1) is 7.97. The topological polar surface area (TPSA) is 127 Å². The van der Waals surface area contributed by atoms with Gasteiger partial charge in [-0.3, -0.25) is 20.2 Å². The summed E-state index contributed by atoms with van der Waals surface area (Å²) in [6.07, 6.45) is 2.54. The van der Waals surface area contributed by atoms with Crippen molar-refractivity contribution in [2.75, 3.05) is 6.61 Å². The first-order valence-corrected chi connectivity index (χ1v) is 4.40. The highest BCUT2D eigenvalue weighted by atomic mass is 16.6. The Morgan fingerprint density at radius 2 is 1.65 bits per heavy atom. The van der Waals surface area contributed by atoms with Gasteiger partial charge in [-0.25, -0.2) is 0 Å². The number of hydrogen-bond donors (Lipinski definition) is 2. The van der Waals surface area contributed by atoms with Crippen molar-refractivity contribution < 1.29 is 20.1 Å². The Kier molecular flexibility index (Phi) is 3.73. The summed E-state index contributed by atoms with van der Waals surface area (Å²) < 4.78 is 0. The molecular weight excluding hydrogens is 232 g/mol. The van der Waals surface area contributed by atoms with E-state index in [1.807, 2.05) is 0 Å². The minimum Gasteiger partial charge on any atom is -0.497 e. The fourth-order valence-electron chi connectivity index (χ4n) is 1.19. The van der Waals surface area contributed by atoms with E-state index in [1.165, 1.54) is 12.2 Å². The standard InChI is InChI=1S/C9H8N2O6/c12-3-1-2-6-4-7(10(14)15)9(13)8(5-6)11(16)17/h1-2,4-5,12-13H,3H2. The first kappa shape index (κ1) is 12.6. The zero-order valence-corrected chi connectivity index (χ0v) is 8.44. The lowest BCUT2D eigenvalue weighted by Gasteiger charge is -2.00. The zero-order valence-electron chi connectivity index (χ0n) is 8.44. The normalized spacial score (nSPS) is 10.6. The molecule has 1 aromatic carbocycles. The van der Waals surface area contributed by atoms with Crippen molar-refractivity contribution in [3.63, 3.8) is 0 Å². The number of nitrogens with zero attached hydrogens (tertiary/aromatic N) is 2. The lowest BCUT2D eigenvalue weighted by atomic mass is 10.1. The van der Waals surface area contributed by atoms with Gasteiger partial charge >= 0.3 is 11.4 Å². The van der Waals surface area contributed by atoms with Crippen molar-refractivity contribution in [3.05, 3.63) is 44.0 Å². The number of benzene rings is 1. The molecule has 0 aliphatic heterocycles. The van der Waals surface area contributed by atoms with E-state index < -0.39 is 27.0 Å². The fraction of sp³-hybridized carbons (Fsp3) is 0.111. The summed E-state index contributed by atoms with van der Waals surface area (Å²) in [6, 6.07) is 1.96. The van der Waals surface area contributed by atoms with E-state index in [-0.39, 0.29) is 12.2 Å². The van der Waals surface area contributed by atoms with Gasteiger partial charge in [0.15, 0.2) is 0 Å². The first-order valence-electron chi connectivity index (χ1n) is 4.40. The van der Waals surface area contributed by atoms with Crippen molar-refractivity contribution in [3.8, 4) is 5.75 Å². The molecule has 1 aromatic rings. The minimum atomic E-state index is -0.985. The second-order valence-electron chi connectivity index (χ2n) is 3.01. The van der Waals surface area contributed by atoms with E-state index in [0.717, 1.165) is 12.1 Å². The Bertz CT molecular complexity index is 461. The van der Waals surface area contributed by atoms with Crippen LogP contribution in [0.1, 0.15) is 5.56 Å². The Balaban J connectivity index is 3.41. The average molecular weight is 240 g/mol. The van der Waals surface area contributed by atoms with Gasteiger partial charge in [0.2, 0.25) is 0 Å². The van der Waals surface area contributed by atoms with Gasteiger partial charge in [-0.05, 0) is 5.56 Å². The third-order valence-electron chi connectivity index (χ3n) is 1.90. The van der Waals surface area contributed by atoms with Gasteiger partial charge in [0.05, 0.1) is 16.5 Å². The molecule has 0 aliphatic rings. The van der Waals surface area contributed by atoms with E-state index in [2.05, 4.69) is 0 Å². The molecule has 8 heteroatoms. The van der Waals surface area contributed by atoms with Gasteiger partial charge in [0, 0.05) is 12.1 Å². The average Bonchev–Trinajstić information content (AvgIpc) is 2.26. The maximum atomic E-state index is 10.6. The van der Waals surface area contributed by atoms with Gasteiger partial charge in [-0.15, -0.1) is 0 Å². The summed E-state index contributed by atoms with van der Waals surface area (Å²) in [6.45, 7) is -0.303. The van der Waals surface area contributed by atoms with E-state index in [9.17, 15) is 25.3 Å². The molecule has 0 amide bonds. The number of aromatic hydroxyl groups is 1. The highest BCUT2D eigenvalue weighted by Crippen LogP contribution is 2.36. The molecule has 0 unspecified atom stereocenters. The Hall–Kier alpha value is -2.48. The number of rotatable bonds is 4. The van der Waals surface area contributed by atoms with Crippen LogP contribution in [0.5, 0.6) is 5.75 Å². The van der Waals surface area contributed by atoms with Gasteiger partial charge < -0.3 is 10.2 Å². The van der Waals surface area contributed by atoms with Crippen molar-refractivity contribution in [1.29, 1.82) is 0 Å². The second-order valence-corrected chi connectivity index (χ2v) is 3.01. The van der Waals surface area contributed by atoms with Crippen LogP contribution >= 0.6 is 0 Å². The van der Waals surface area contributed by atoms with Crippen molar-refractivity contribution >= 4 is 17.5 Å². The van der Waals surface area contributed by atoms with Gasteiger partial charge in [-0.1, -0.05) is 12.2 Å². The molecule has 0 bridgehead atoms. The molecule has 2 N–H and O–H groups in total. The number of phenols is 1. The lowest BCUT2D eigenvalue weighted by Crippen LogP contribution is -1.95. The van der Waals surface area contributed by atoms with Gasteiger partial charge in [-0.2, -0.15) is 0 Å².